The molecule has 0 atom stereocenters. The second kappa shape index (κ2) is 7.07. The van der Waals surface area contributed by atoms with Gasteiger partial charge in [0.25, 0.3) is 5.56 Å². The van der Waals surface area contributed by atoms with Gasteiger partial charge in [0.2, 0.25) is 0 Å². The maximum absolute atomic E-state index is 13.5. The van der Waals surface area contributed by atoms with Crippen molar-refractivity contribution in [3.8, 4) is 5.69 Å². The Morgan fingerprint density at radius 3 is 2.18 bits per heavy atom. The molecule has 0 saturated carbocycles. The van der Waals surface area contributed by atoms with Gasteiger partial charge in [-0.15, -0.1) is 0 Å². The summed E-state index contributed by atoms with van der Waals surface area (Å²) < 4.78 is 29.1. The first-order chi connectivity index (χ1) is 13.1. The number of anilines is 1. The molecule has 0 fully saturated rings. The molecule has 28 heavy (non-hydrogen) atoms. The summed E-state index contributed by atoms with van der Waals surface area (Å²) in [5.41, 5.74) is 5.99. The average molecular weight is 385 g/mol. The molecule has 0 unspecified atom stereocenters. The van der Waals surface area contributed by atoms with Crippen molar-refractivity contribution in [3.63, 3.8) is 0 Å². The minimum Gasteiger partial charge on any atom is -0.385 e. The zero-order valence-corrected chi connectivity index (χ0v) is 15.9. The molecule has 1 aromatic heterocycles. The van der Waals surface area contributed by atoms with Gasteiger partial charge in [0, 0.05) is 12.1 Å². The standard InChI is InChI=1S/C21H21F2N3O2/c1-21(2,3)16-6-4-5-7-17(16)26-18(24)11-19(27)25(20(26)28)12-13-8-14(22)10-15(23)9-13/h4-11H,12,24H2,1-3H3. The van der Waals surface area contributed by atoms with Crippen LogP contribution in [0.15, 0.2) is 58.1 Å². The van der Waals surface area contributed by atoms with Gasteiger partial charge in [0.15, 0.2) is 0 Å². The summed E-state index contributed by atoms with van der Waals surface area (Å²) in [6, 6.07) is 11.3. The predicted molar refractivity (Wildman–Crippen MR) is 105 cm³/mol. The van der Waals surface area contributed by atoms with Crippen LogP contribution in [0.2, 0.25) is 0 Å². The van der Waals surface area contributed by atoms with Crippen LogP contribution in [0.1, 0.15) is 31.9 Å². The summed E-state index contributed by atoms with van der Waals surface area (Å²) in [6.07, 6.45) is 0. The van der Waals surface area contributed by atoms with Crippen LogP contribution in [0.5, 0.6) is 0 Å². The highest BCUT2D eigenvalue weighted by Gasteiger charge is 2.21. The lowest BCUT2D eigenvalue weighted by atomic mass is 9.85. The summed E-state index contributed by atoms with van der Waals surface area (Å²) in [6.45, 7) is 5.72. The van der Waals surface area contributed by atoms with E-state index >= 15 is 0 Å². The molecule has 2 N–H and O–H groups in total. The van der Waals surface area contributed by atoms with E-state index in [4.69, 9.17) is 5.73 Å². The Kier molecular flexibility index (Phi) is 4.93. The number of benzene rings is 2. The van der Waals surface area contributed by atoms with Gasteiger partial charge in [-0.3, -0.25) is 9.36 Å². The van der Waals surface area contributed by atoms with Crippen molar-refractivity contribution in [2.75, 3.05) is 5.73 Å². The molecule has 0 spiro atoms. The van der Waals surface area contributed by atoms with Crippen LogP contribution in [-0.2, 0) is 12.0 Å². The quantitative estimate of drug-likeness (QED) is 0.753. The number of halogens is 2. The van der Waals surface area contributed by atoms with Gasteiger partial charge in [-0.05, 0) is 34.7 Å². The first-order valence-electron chi connectivity index (χ1n) is 8.75. The van der Waals surface area contributed by atoms with Crippen LogP contribution in [0, 0.1) is 11.6 Å². The van der Waals surface area contributed by atoms with Crippen LogP contribution in [-0.4, -0.2) is 9.13 Å². The molecule has 3 rings (SSSR count). The van der Waals surface area contributed by atoms with E-state index in [-0.39, 0.29) is 23.3 Å². The summed E-state index contributed by atoms with van der Waals surface area (Å²) in [5.74, 6) is -1.57. The third-order valence-corrected chi connectivity index (χ3v) is 4.43. The third-order valence-electron chi connectivity index (χ3n) is 4.43. The lowest BCUT2D eigenvalue weighted by Crippen LogP contribution is -2.40. The van der Waals surface area contributed by atoms with E-state index in [1.807, 2.05) is 32.9 Å². The van der Waals surface area contributed by atoms with E-state index in [0.29, 0.717) is 5.69 Å². The molecular weight excluding hydrogens is 364 g/mol. The Morgan fingerprint density at radius 2 is 1.57 bits per heavy atom. The van der Waals surface area contributed by atoms with Gasteiger partial charge >= 0.3 is 5.69 Å². The van der Waals surface area contributed by atoms with E-state index in [1.54, 1.807) is 12.1 Å². The number of hydrogen-bond acceptors (Lipinski definition) is 3. The molecule has 2 aromatic carbocycles. The summed E-state index contributed by atoms with van der Waals surface area (Å²) in [7, 11) is 0. The molecule has 0 aliphatic rings. The molecule has 7 heteroatoms. The van der Waals surface area contributed by atoms with Crippen LogP contribution in [0.25, 0.3) is 5.69 Å². The molecule has 0 radical (unpaired) electrons. The Bertz CT molecular complexity index is 1140. The molecular formula is C21H21F2N3O2. The molecule has 5 nitrogen and oxygen atoms in total. The highest BCUT2D eigenvalue weighted by atomic mass is 19.1. The van der Waals surface area contributed by atoms with Crippen molar-refractivity contribution >= 4 is 5.82 Å². The number of hydrogen-bond donors (Lipinski definition) is 1. The Morgan fingerprint density at radius 1 is 0.964 bits per heavy atom. The van der Waals surface area contributed by atoms with Crippen molar-refractivity contribution in [2.45, 2.75) is 32.7 Å². The number of rotatable bonds is 3. The molecule has 0 aliphatic heterocycles. The van der Waals surface area contributed by atoms with Gasteiger partial charge in [-0.1, -0.05) is 39.0 Å². The number of aromatic nitrogens is 2. The lowest BCUT2D eigenvalue weighted by molar-refractivity contribution is 0.571. The molecule has 1 heterocycles. The highest BCUT2D eigenvalue weighted by Crippen LogP contribution is 2.28. The fourth-order valence-corrected chi connectivity index (χ4v) is 3.17. The fourth-order valence-electron chi connectivity index (χ4n) is 3.17. The van der Waals surface area contributed by atoms with E-state index in [0.717, 1.165) is 34.4 Å². The summed E-state index contributed by atoms with van der Waals surface area (Å²) in [5, 5.41) is 0. The maximum atomic E-state index is 13.5. The number of nitrogens with zero attached hydrogens (tertiary/aromatic N) is 2. The summed E-state index contributed by atoms with van der Waals surface area (Å²) in [4.78, 5) is 25.5. The number of para-hydroxylation sites is 1. The molecule has 146 valence electrons. The topological polar surface area (TPSA) is 70.0 Å². The minimum atomic E-state index is -0.781. The second-order valence-electron chi connectivity index (χ2n) is 7.66. The van der Waals surface area contributed by atoms with Crippen molar-refractivity contribution in [1.29, 1.82) is 0 Å². The molecule has 0 amide bonds. The Hall–Kier alpha value is -3.22. The van der Waals surface area contributed by atoms with Crippen LogP contribution < -0.4 is 17.0 Å². The van der Waals surface area contributed by atoms with Crippen LogP contribution >= 0.6 is 0 Å². The van der Waals surface area contributed by atoms with Crippen molar-refractivity contribution < 1.29 is 8.78 Å². The first kappa shape index (κ1) is 19.5. The molecule has 0 aliphatic carbocycles. The fraction of sp³-hybridized carbons (Fsp3) is 0.238. The van der Waals surface area contributed by atoms with Gasteiger partial charge < -0.3 is 5.73 Å². The van der Waals surface area contributed by atoms with E-state index in [1.165, 1.54) is 4.57 Å². The highest BCUT2D eigenvalue weighted by molar-refractivity contribution is 5.50. The number of nitrogen functional groups attached to an aromatic ring is 1. The third kappa shape index (κ3) is 3.74. The van der Waals surface area contributed by atoms with Crippen molar-refractivity contribution in [3.05, 3.63) is 92.1 Å². The van der Waals surface area contributed by atoms with E-state index in [2.05, 4.69) is 0 Å². The van der Waals surface area contributed by atoms with Crippen LogP contribution in [0.4, 0.5) is 14.6 Å². The van der Waals surface area contributed by atoms with Gasteiger partial charge in [-0.25, -0.2) is 18.1 Å². The minimum absolute atomic E-state index is 0.00614. The summed E-state index contributed by atoms with van der Waals surface area (Å²) >= 11 is 0. The van der Waals surface area contributed by atoms with Crippen molar-refractivity contribution in [1.82, 2.24) is 9.13 Å². The van der Waals surface area contributed by atoms with Crippen LogP contribution in [0.3, 0.4) is 0 Å². The maximum Gasteiger partial charge on any atom is 0.337 e. The normalized spacial score (nSPS) is 11.6. The Labute approximate surface area is 160 Å². The van der Waals surface area contributed by atoms with Gasteiger partial charge in [0.1, 0.15) is 17.5 Å². The zero-order valence-electron chi connectivity index (χ0n) is 15.9. The smallest absolute Gasteiger partial charge is 0.337 e. The second-order valence-corrected chi connectivity index (χ2v) is 7.66. The Balaban J connectivity index is 2.23. The monoisotopic (exact) mass is 385 g/mol. The van der Waals surface area contributed by atoms with E-state index in [9.17, 15) is 18.4 Å². The van der Waals surface area contributed by atoms with Gasteiger partial charge in [-0.2, -0.15) is 0 Å². The molecule has 3 aromatic rings. The average Bonchev–Trinajstić information content (AvgIpc) is 2.57. The molecule has 0 saturated heterocycles. The predicted octanol–water partition coefficient (Wildman–Crippen LogP) is 3.21. The van der Waals surface area contributed by atoms with Gasteiger partial charge in [0.05, 0.1) is 12.2 Å². The molecule has 0 bridgehead atoms. The number of nitrogens with two attached hydrogens (primary N) is 1. The zero-order chi connectivity index (χ0) is 20.6. The largest absolute Gasteiger partial charge is 0.385 e. The van der Waals surface area contributed by atoms with E-state index < -0.39 is 22.9 Å². The lowest BCUT2D eigenvalue weighted by Gasteiger charge is -2.24. The SMILES string of the molecule is CC(C)(C)c1ccccc1-n1c(N)cc(=O)n(Cc2cc(F)cc(F)c2)c1=O. The van der Waals surface area contributed by atoms with Crippen molar-refractivity contribution in [2.24, 2.45) is 0 Å². The first-order valence-corrected chi connectivity index (χ1v) is 8.75.